The van der Waals surface area contributed by atoms with Crippen molar-refractivity contribution in [2.75, 3.05) is 6.61 Å². The number of aryl methyl sites for hydroxylation is 1. The molecule has 0 aliphatic carbocycles. The third-order valence-electron chi connectivity index (χ3n) is 6.46. The van der Waals surface area contributed by atoms with E-state index in [4.69, 9.17) is 23.7 Å². The quantitative estimate of drug-likeness (QED) is 0.187. The number of carbonyl (C=O) groups is 4. The number of thioether (sulfide) groups is 1. The van der Waals surface area contributed by atoms with Crippen LogP contribution in [-0.2, 0) is 51.3 Å². The van der Waals surface area contributed by atoms with E-state index >= 15 is 0 Å². The second-order valence-electron chi connectivity index (χ2n) is 10.2. The van der Waals surface area contributed by atoms with Crippen LogP contribution in [0.1, 0.15) is 65.3 Å². The summed E-state index contributed by atoms with van der Waals surface area (Å²) in [6.45, 7) is 9.54. The molecular weight excluding hydrogens is 580 g/mol. The normalized spacial score (nSPS) is 21.5. The van der Waals surface area contributed by atoms with Crippen LogP contribution in [0.4, 0.5) is 0 Å². The van der Waals surface area contributed by atoms with E-state index in [9.17, 15) is 19.2 Å². The van der Waals surface area contributed by atoms with Gasteiger partial charge in [0.05, 0.1) is 0 Å². The summed E-state index contributed by atoms with van der Waals surface area (Å²) in [5, 5.41) is 12.1. The minimum atomic E-state index is -1.17. The van der Waals surface area contributed by atoms with Gasteiger partial charge in [-0.15, -0.1) is 10.2 Å². The number of hydrogen-bond acceptors (Lipinski definition) is 12. The second-order valence-corrected chi connectivity index (χ2v) is 11.3. The lowest BCUT2D eigenvalue weighted by Crippen LogP contribution is -2.65. The lowest BCUT2D eigenvalue weighted by Gasteiger charge is -2.44. The number of nitrogens with zero attached hydrogens (tertiary/aromatic N) is 3. The minimum absolute atomic E-state index is 0.170. The van der Waals surface area contributed by atoms with Crippen LogP contribution in [-0.4, -0.2) is 75.0 Å². The predicted molar refractivity (Wildman–Crippen MR) is 155 cm³/mol. The van der Waals surface area contributed by atoms with Crippen molar-refractivity contribution >= 4 is 35.6 Å². The number of aromatic nitrogens is 3. The number of amides is 1. The van der Waals surface area contributed by atoms with E-state index in [1.807, 2.05) is 35.8 Å². The van der Waals surface area contributed by atoms with Crippen molar-refractivity contribution in [1.82, 2.24) is 20.1 Å². The molecule has 2 aromatic rings. The Morgan fingerprint density at radius 3 is 2.23 bits per heavy atom. The van der Waals surface area contributed by atoms with Crippen LogP contribution in [0.25, 0.3) is 0 Å². The van der Waals surface area contributed by atoms with Gasteiger partial charge in [-0.1, -0.05) is 49.2 Å². The van der Waals surface area contributed by atoms with Crippen LogP contribution >= 0.6 is 11.8 Å². The molecule has 14 heteroatoms. The zero-order valence-corrected chi connectivity index (χ0v) is 26.2. The van der Waals surface area contributed by atoms with E-state index in [2.05, 4.69) is 22.4 Å². The highest BCUT2D eigenvalue weighted by Crippen LogP contribution is 2.36. The molecule has 1 N–H and O–H groups in total. The Hall–Kier alpha value is -3.65. The van der Waals surface area contributed by atoms with Crippen molar-refractivity contribution in [2.24, 2.45) is 0 Å². The average Bonchev–Trinajstić information content (AvgIpc) is 3.31. The van der Waals surface area contributed by atoms with Gasteiger partial charge < -0.3 is 33.6 Å². The molecule has 0 saturated carbocycles. The van der Waals surface area contributed by atoms with Gasteiger partial charge in [0.1, 0.15) is 36.5 Å². The smallest absolute Gasteiger partial charge is 0.303 e. The van der Waals surface area contributed by atoms with Gasteiger partial charge in [0.2, 0.25) is 5.91 Å². The number of carbonyl (C=O) groups excluding carboxylic acids is 4. The first-order valence-electron chi connectivity index (χ1n) is 14.2. The second kappa shape index (κ2) is 16.3. The van der Waals surface area contributed by atoms with E-state index in [0.717, 1.165) is 36.6 Å². The van der Waals surface area contributed by atoms with Gasteiger partial charge in [0.15, 0.2) is 23.2 Å². The van der Waals surface area contributed by atoms with Gasteiger partial charge in [-0.25, -0.2) is 0 Å². The lowest BCUT2D eigenvalue weighted by molar-refractivity contribution is -0.211. The number of nitrogens with one attached hydrogen (secondary N) is 1. The van der Waals surface area contributed by atoms with Gasteiger partial charge in [0, 0.05) is 34.2 Å². The van der Waals surface area contributed by atoms with E-state index in [-0.39, 0.29) is 13.2 Å². The fraction of sp³-hybridized carbons (Fsp3) is 0.586. The molecule has 1 aromatic carbocycles. The maximum Gasteiger partial charge on any atom is 0.303 e. The van der Waals surface area contributed by atoms with E-state index in [1.54, 1.807) is 0 Å². The summed E-state index contributed by atoms with van der Waals surface area (Å²) < 4.78 is 30.5. The molecule has 5 unspecified atom stereocenters. The molecule has 0 spiro atoms. The molecule has 1 aliphatic rings. The van der Waals surface area contributed by atoms with Crippen molar-refractivity contribution in [3.8, 4) is 5.75 Å². The van der Waals surface area contributed by atoms with Crippen LogP contribution in [0.15, 0.2) is 29.4 Å². The molecule has 43 heavy (non-hydrogen) atoms. The summed E-state index contributed by atoms with van der Waals surface area (Å²) in [5.74, 6) is -1.03. The maximum absolute atomic E-state index is 12.3. The van der Waals surface area contributed by atoms with Crippen LogP contribution in [0.3, 0.4) is 0 Å². The molecule has 1 fully saturated rings. The number of benzene rings is 1. The first-order valence-corrected chi connectivity index (χ1v) is 15.0. The fourth-order valence-corrected chi connectivity index (χ4v) is 5.72. The highest BCUT2D eigenvalue weighted by Gasteiger charge is 2.51. The molecule has 5 atom stereocenters. The summed E-state index contributed by atoms with van der Waals surface area (Å²) in [6.07, 6.45) is -0.484. The first kappa shape index (κ1) is 33.8. The molecule has 2 heterocycles. The van der Waals surface area contributed by atoms with Gasteiger partial charge in [-0.3, -0.25) is 19.2 Å². The maximum atomic E-state index is 12.3. The van der Waals surface area contributed by atoms with Crippen molar-refractivity contribution in [2.45, 2.75) is 109 Å². The zero-order valence-electron chi connectivity index (χ0n) is 25.4. The van der Waals surface area contributed by atoms with Gasteiger partial charge >= 0.3 is 17.9 Å². The third kappa shape index (κ3) is 10.2. The van der Waals surface area contributed by atoms with Crippen LogP contribution < -0.4 is 10.1 Å². The number of ether oxygens (including phenoxy) is 5. The Labute approximate surface area is 255 Å². The molecule has 13 nitrogen and oxygen atoms in total. The summed E-state index contributed by atoms with van der Waals surface area (Å²) in [4.78, 5) is 48.2. The van der Waals surface area contributed by atoms with Crippen molar-refractivity contribution in [1.29, 1.82) is 0 Å². The minimum Gasteiger partial charge on any atom is -0.486 e. The molecule has 1 aromatic heterocycles. The number of hydrogen-bond donors (Lipinski definition) is 1. The van der Waals surface area contributed by atoms with Crippen LogP contribution in [0.2, 0.25) is 0 Å². The molecule has 1 amide bonds. The Bertz CT molecular complexity index is 1250. The molecule has 3 rings (SSSR count). The molecule has 236 valence electrons. The summed E-state index contributed by atoms with van der Waals surface area (Å²) in [5.41, 5.74) is 0.214. The first-order chi connectivity index (χ1) is 20.5. The van der Waals surface area contributed by atoms with E-state index in [0.29, 0.717) is 23.3 Å². The Kier molecular flexibility index (Phi) is 12.8. The summed E-state index contributed by atoms with van der Waals surface area (Å²) in [7, 11) is 0. The Morgan fingerprint density at radius 2 is 1.63 bits per heavy atom. The highest BCUT2D eigenvalue weighted by molar-refractivity contribution is 7.99. The van der Waals surface area contributed by atoms with Gasteiger partial charge in [-0.05, 0) is 25.5 Å². The lowest BCUT2D eigenvalue weighted by atomic mass is 9.97. The summed E-state index contributed by atoms with van der Waals surface area (Å²) in [6, 6.07) is 6.72. The van der Waals surface area contributed by atoms with Gasteiger partial charge in [-0.2, -0.15) is 0 Å². The van der Waals surface area contributed by atoms with Crippen LogP contribution in [0, 0.1) is 6.92 Å². The fourth-order valence-electron chi connectivity index (χ4n) is 4.54. The van der Waals surface area contributed by atoms with Crippen molar-refractivity contribution < 1.29 is 42.9 Å². The van der Waals surface area contributed by atoms with Crippen LogP contribution in [0.5, 0.6) is 5.75 Å². The van der Waals surface area contributed by atoms with Crippen molar-refractivity contribution in [3.05, 3.63) is 35.7 Å². The highest BCUT2D eigenvalue weighted by atomic mass is 32.2. The molecule has 0 bridgehead atoms. The standard InChI is InChI=1S/C29H40N4O9S/c1-7-8-9-14-33-24(16-39-22-12-10-17(2)11-13-22)31-32-29(33)43-28-25(30-18(3)34)27(41-21(6)37)26(40-20(5)36)23(42-28)15-38-19(4)35/h10-13,23,25-28H,7-9,14-16H2,1-6H3,(H,30,34). The molecule has 1 aliphatic heterocycles. The third-order valence-corrected chi connectivity index (χ3v) is 7.61. The Morgan fingerprint density at radius 1 is 0.953 bits per heavy atom. The monoisotopic (exact) mass is 620 g/mol. The van der Waals surface area contributed by atoms with Crippen molar-refractivity contribution in [3.63, 3.8) is 0 Å². The topological polar surface area (TPSA) is 157 Å². The average molecular weight is 621 g/mol. The largest absolute Gasteiger partial charge is 0.486 e. The van der Waals surface area contributed by atoms with E-state index < -0.39 is 53.6 Å². The van der Waals surface area contributed by atoms with Gasteiger partial charge in [0.25, 0.3) is 0 Å². The SMILES string of the molecule is CCCCCn1c(COc2ccc(C)cc2)nnc1SC1OC(COC(C)=O)C(OC(C)=O)C(OC(C)=O)C1NC(C)=O. The predicted octanol–water partition coefficient (Wildman–Crippen LogP) is 3.10. The molecule has 0 radical (unpaired) electrons. The van der Waals surface area contributed by atoms with E-state index in [1.165, 1.54) is 27.7 Å². The Balaban J connectivity index is 1.96. The molecule has 1 saturated heterocycles. The number of esters is 3. The number of rotatable bonds is 14. The summed E-state index contributed by atoms with van der Waals surface area (Å²) >= 11 is 1.16. The molecular formula is C29H40N4O9S. The zero-order chi connectivity index (χ0) is 31.5. The number of unbranched alkanes of at least 4 members (excludes halogenated alkanes) is 2.